The molecular weight excluding hydrogens is 454 g/mol. The second-order valence-corrected chi connectivity index (χ2v) is 9.54. The number of nitrogens with zero attached hydrogens (tertiary/aromatic N) is 7. The van der Waals surface area contributed by atoms with Gasteiger partial charge in [0.15, 0.2) is 11.6 Å². The lowest BCUT2D eigenvalue weighted by Gasteiger charge is -2.39. The molecule has 11 heteroatoms. The normalized spacial score (nSPS) is 23.7. The third-order valence-corrected chi connectivity index (χ3v) is 7.43. The summed E-state index contributed by atoms with van der Waals surface area (Å²) in [6.07, 6.45) is 5.94. The Bertz CT molecular complexity index is 1210. The molecule has 1 aromatic carbocycles. The first-order valence-electron chi connectivity index (χ1n) is 12.1. The fourth-order valence-corrected chi connectivity index (χ4v) is 5.70. The Hall–Kier alpha value is -3.50. The molecule has 2 fully saturated rings. The molecular formula is C24H28F2N8O. The van der Waals surface area contributed by atoms with Gasteiger partial charge < -0.3 is 19.9 Å². The highest BCUT2D eigenvalue weighted by atomic mass is 19.2. The molecule has 1 saturated carbocycles. The van der Waals surface area contributed by atoms with Gasteiger partial charge in [-0.1, -0.05) is 0 Å². The van der Waals surface area contributed by atoms with Gasteiger partial charge in [-0.25, -0.2) is 13.5 Å². The first-order chi connectivity index (χ1) is 17.1. The molecule has 2 bridgehead atoms. The number of rotatable bonds is 5. The van der Waals surface area contributed by atoms with E-state index >= 15 is 0 Å². The number of hydrogen-bond acceptors (Lipinski definition) is 8. The quantitative estimate of drug-likeness (QED) is 0.591. The van der Waals surface area contributed by atoms with E-state index in [1.54, 1.807) is 19.4 Å². The van der Waals surface area contributed by atoms with Crippen molar-refractivity contribution in [2.75, 3.05) is 41.9 Å². The lowest BCUT2D eigenvalue weighted by Crippen LogP contribution is -2.48. The van der Waals surface area contributed by atoms with Crippen LogP contribution in [0.1, 0.15) is 25.7 Å². The Morgan fingerprint density at radius 1 is 1.00 bits per heavy atom. The van der Waals surface area contributed by atoms with Crippen LogP contribution in [-0.4, -0.2) is 57.7 Å². The van der Waals surface area contributed by atoms with Gasteiger partial charge in [-0.3, -0.25) is 0 Å². The number of anilines is 4. The van der Waals surface area contributed by atoms with Crippen LogP contribution in [0.5, 0.6) is 5.88 Å². The van der Waals surface area contributed by atoms with Crippen molar-refractivity contribution in [2.24, 2.45) is 11.8 Å². The van der Waals surface area contributed by atoms with Crippen molar-refractivity contribution >= 4 is 23.3 Å². The van der Waals surface area contributed by atoms with Crippen molar-refractivity contribution in [2.45, 2.75) is 38.3 Å². The number of aromatic nitrogens is 5. The summed E-state index contributed by atoms with van der Waals surface area (Å²) >= 11 is 0. The van der Waals surface area contributed by atoms with E-state index in [-0.39, 0.29) is 6.04 Å². The summed E-state index contributed by atoms with van der Waals surface area (Å²) in [6, 6.07) is 6.20. The highest BCUT2D eigenvalue weighted by Gasteiger charge is 2.43. The molecule has 2 aromatic heterocycles. The zero-order chi connectivity index (χ0) is 23.9. The lowest BCUT2D eigenvalue weighted by atomic mass is 9.92. The molecule has 184 valence electrons. The van der Waals surface area contributed by atoms with Crippen LogP contribution < -0.4 is 19.9 Å². The van der Waals surface area contributed by atoms with Crippen LogP contribution in [0.2, 0.25) is 0 Å². The predicted octanol–water partition coefficient (Wildman–Crippen LogP) is 3.61. The summed E-state index contributed by atoms with van der Waals surface area (Å²) in [4.78, 5) is 9.10. The number of nitrogens with one attached hydrogen (secondary N) is 1. The Labute approximate surface area is 202 Å². The number of benzene rings is 1. The number of hydrogen-bond donors (Lipinski definition) is 1. The van der Waals surface area contributed by atoms with E-state index in [1.807, 2.05) is 15.6 Å². The van der Waals surface area contributed by atoms with Crippen LogP contribution in [-0.2, 0) is 6.54 Å². The third-order valence-electron chi connectivity index (χ3n) is 7.43. The average Bonchev–Trinajstić information content (AvgIpc) is 3.27. The molecule has 3 atom stereocenters. The van der Waals surface area contributed by atoms with Gasteiger partial charge in [-0.2, -0.15) is 10.1 Å². The van der Waals surface area contributed by atoms with Crippen LogP contribution in [0.4, 0.5) is 32.1 Å². The van der Waals surface area contributed by atoms with Gasteiger partial charge in [-0.05, 0) is 49.7 Å². The van der Waals surface area contributed by atoms with Crippen molar-refractivity contribution in [3.63, 3.8) is 0 Å². The van der Waals surface area contributed by atoms with E-state index in [1.165, 1.54) is 6.07 Å². The Kier molecular flexibility index (Phi) is 5.62. The molecule has 9 nitrogen and oxygen atoms in total. The van der Waals surface area contributed by atoms with Crippen molar-refractivity contribution < 1.29 is 13.5 Å². The van der Waals surface area contributed by atoms with Crippen molar-refractivity contribution in [1.29, 1.82) is 0 Å². The standard InChI is InChI=1S/C24H28F2N8O/c1-35-21-11-18(12-27-30-21)32-13-15-4-5-16(14-32)22(15)28-23-29-24-33(8-2-3-9-34(24)31-23)17-6-7-19(25)20(26)10-17/h6-7,10-12,15-16,22H,2-5,8-9,13-14H2,1H3,(H,28,31)/t15-,16+,22+. The summed E-state index contributed by atoms with van der Waals surface area (Å²) in [7, 11) is 1.60. The fourth-order valence-electron chi connectivity index (χ4n) is 5.70. The van der Waals surface area contributed by atoms with Gasteiger partial charge in [-0.15, -0.1) is 10.2 Å². The van der Waals surface area contributed by atoms with Gasteiger partial charge in [0.2, 0.25) is 17.8 Å². The number of methoxy groups -OCH3 is 1. The Morgan fingerprint density at radius 2 is 1.80 bits per heavy atom. The van der Waals surface area contributed by atoms with Crippen LogP contribution >= 0.6 is 0 Å². The minimum atomic E-state index is -0.860. The molecule has 6 rings (SSSR count). The fraction of sp³-hybridized carbons (Fsp3) is 0.500. The van der Waals surface area contributed by atoms with Crippen LogP contribution in [0.25, 0.3) is 0 Å². The molecule has 0 amide bonds. The number of piperidine rings is 1. The van der Waals surface area contributed by atoms with Crippen LogP contribution in [0.3, 0.4) is 0 Å². The topological polar surface area (TPSA) is 84.2 Å². The van der Waals surface area contributed by atoms with E-state index in [0.29, 0.717) is 41.8 Å². The highest BCUT2D eigenvalue weighted by Crippen LogP contribution is 2.40. The molecule has 0 spiro atoms. The molecule has 3 aromatic rings. The van der Waals surface area contributed by atoms with E-state index in [0.717, 1.165) is 57.1 Å². The van der Waals surface area contributed by atoms with Crippen molar-refractivity contribution in [3.8, 4) is 5.88 Å². The maximum atomic E-state index is 13.9. The SMILES string of the molecule is COc1cc(N2C[C@H]3CC[C@@H](C2)[C@H]3Nc2nc3n(n2)CCCCN3c2ccc(F)c(F)c2)cnn1. The molecule has 3 aliphatic rings. The number of fused-ring (bicyclic) bond motifs is 3. The zero-order valence-corrected chi connectivity index (χ0v) is 19.6. The second-order valence-electron chi connectivity index (χ2n) is 9.54. The molecule has 1 aliphatic carbocycles. The summed E-state index contributed by atoms with van der Waals surface area (Å²) in [5.74, 6) is 0.978. The largest absolute Gasteiger partial charge is 0.480 e. The predicted molar refractivity (Wildman–Crippen MR) is 127 cm³/mol. The van der Waals surface area contributed by atoms with Gasteiger partial charge in [0.1, 0.15) is 0 Å². The highest BCUT2D eigenvalue weighted by molar-refractivity contribution is 5.59. The van der Waals surface area contributed by atoms with Crippen LogP contribution in [0.15, 0.2) is 30.5 Å². The minimum absolute atomic E-state index is 0.284. The minimum Gasteiger partial charge on any atom is -0.480 e. The van der Waals surface area contributed by atoms with Gasteiger partial charge in [0, 0.05) is 50.0 Å². The maximum absolute atomic E-state index is 13.9. The van der Waals surface area contributed by atoms with E-state index in [2.05, 4.69) is 20.4 Å². The number of halogens is 2. The summed E-state index contributed by atoms with van der Waals surface area (Å²) in [5.41, 5.74) is 1.61. The molecule has 2 aliphatic heterocycles. The molecule has 4 heterocycles. The zero-order valence-electron chi connectivity index (χ0n) is 19.6. The monoisotopic (exact) mass is 482 g/mol. The first kappa shape index (κ1) is 22.0. The summed E-state index contributed by atoms with van der Waals surface area (Å²) in [5, 5.41) is 16.4. The molecule has 0 radical (unpaired) electrons. The van der Waals surface area contributed by atoms with E-state index in [4.69, 9.17) is 14.8 Å². The third kappa shape index (κ3) is 4.12. The van der Waals surface area contributed by atoms with Gasteiger partial charge in [0.05, 0.1) is 19.0 Å². The molecule has 0 unspecified atom stereocenters. The second kappa shape index (κ2) is 8.94. The first-order valence-corrected chi connectivity index (χ1v) is 12.1. The number of aryl methyl sites for hydroxylation is 1. The molecule has 1 N–H and O–H groups in total. The van der Waals surface area contributed by atoms with E-state index in [9.17, 15) is 8.78 Å². The summed E-state index contributed by atoms with van der Waals surface area (Å²) < 4.78 is 34.6. The van der Waals surface area contributed by atoms with Crippen LogP contribution in [0, 0.1) is 23.5 Å². The molecule has 1 saturated heterocycles. The Balaban J connectivity index is 1.21. The number of ether oxygens (including phenoxy) is 1. The molecule has 35 heavy (non-hydrogen) atoms. The smallest absolute Gasteiger partial charge is 0.244 e. The maximum Gasteiger partial charge on any atom is 0.244 e. The van der Waals surface area contributed by atoms with Gasteiger partial charge >= 0.3 is 0 Å². The van der Waals surface area contributed by atoms with Gasteiger partial charge in [0.25, 0.3) is 0 Å². The van der Waals surface area contributed by atoms with Crippen molar-refractivity contribution in [1.82, 2.24) is 25.0 Å². The average molecular weight is 483 g/mol. The van der Waals surface area contributed by atoms with Crippen molar-refractivity contribution in [3.05, 3.63) is 42.1 Å². The lowest BCUT2D eigenvalue weighted by molar-refractivity contribution is 0.372. The van der Waals surface area contributed by atoms with E-state index < -0.39 is 11.6 Å². The Morgan fingerprint density at radius 3 is 2.57 bits per heavy atom. The summed E-state index contributed by atoms with van der Waals surface area (Å²) in [6.45, 7) is 3.25.